The summed E-state index contributed by atoms with van der Waals surface area (Å²) in [5.41, 5.74) is 1.16. The van der Waals surface area contributed by atoms with Crippen molar-refractivity contribution in [2.24, 2.45) is 0 Å². The fraction of sp³-hybridized carbons (Fsp3) is 0.167. The first-order chi connectivity index (χ1) is 8.70. The van der Waals surface area contributed by atoms with Gasteiger partial charge in [-0.25, -0.2) is 9.97 Å². The number of nitrogens with zero attached hydrogens (tertiary/aromatic N) is 2. The lowest BCUT2D eigenvalue weighted by Gasteiger charge is -2.10. The molecule has 0 amide bonds. The Morgan fingerprint density at radius 1 is 1.06 bits per heavy atom. The van der Waals surface area contributed by atoms with E-state index in [0.717, 1.165) is 25.6 Å². The third kappa shape index (κ3) is 3.52. The van der Waals surface area contributed by atoms with Crippen molar-refractivity contribution in [2.45, 2.75) is 11.9 Å². The Labute approximate surface area is 130 Å². The van der Waals surface area contributed by atoms with Gasteiger partial charge in [-0.15, -0.1) is 0 Å². The molecule has 0 aliphatic heterocycles. The van der Waals surface area contributed by atoms with Crippen LogP contribution in [0.4, 0.5) is 0 Å². The van der Waals surface area contributed by atoms with Gasteiger partial charge in [0.1, 0.15) is 12.4 Å². The first-order valence-corrected chi connectivity index (χ1v) is 7.84. The molecule has 0 fully saturated rings. The van der Waals surface area contributed by atoms with Crippen LogP contribution < -0.4 is 4.74 Å². The highest BCUT2D eigenvalue weighted by Gasteiger charge is 2.09. The molecule has 0 saturated heterocycles. The summed E-state index contributed by atoms with van der Waals surface area (Å²) in [6.45, 7) is 0.339. The summed E-state index contributed by atoms with van der Waals surface area (Å²) >= 11 is 10.4. The Bertz CT molecular complexity index is 511. The number of aromatic nitrogens is 2. The van der Waals surface area contributed by atoms with E-state index < -0.39 is 0 Å². The molecule has 3 nitrogen and oxygen atoms in total. The molecule has 0 unspecified atom stereocenters. The van der Waals surface area contributed by atoms with Crippen LogP contribution >= 0.6 is 47.8 Å². The molecule has 1 aromatic carbocycles. The van der Waals surface area contributed by atoms with Crippen LogP contribution in [0.15, 0.2) is 39.5 Å². The zero-order chi connectivity index (χ0) is 13.0. The largest absolute Gasteiger partial charge is 0.483 e. The average Bonchev–Trinajstić information content (AvgIpc) is 2.38. The minimum atomic E-state index is 0.339. The van der Waals surface area contributed by atoms with E-state index in [4.69, 9.17) is 4.74 Å². The summed E-state index contributed by atoms with van der Waals surface area (Å²) in [5.74, 6) is 1.41. The molecule has 94 valence electrons. The van der Waals surface area contributed by atoms with Crippen LogP contribution in [0.25, 0.3) is 0 Å². The van der Waals surface area contributed by atoms with Gasteiger partial charge in [-0.2, -0.15) is 0 Å². The first-order valence-electron chi connectivity index (χ1n) is 5.13. The number of rotatable bonds is 4. The summed E-state index contributed by atoms with van der Waals surface area (Å²) in [6.07, 6.45) is 3.40. The van der Waals surface area contributed by atoms with Crippen molar-refractivity contribution in [1.29, 1.82) is 0 Å². The van der Waals surface area contributed by atoms with Crippen LogP contribution in [0.1, 0.15) is 11.4 Å². The summed E-state index contributed by atoms with van der Waals surface area (Å²) < 4.78 is 7.53. The maximum atomic E-state index is 5.72. The van der Waals surface area contributed by atoms with Crippen molar-refractivity contribution in [3.63, 3.8) is 0 Å². The average molecular weight is 437 g/mol. The van der Waals surface area contributed by atoms with Crippen LogP contribution in [0.3, 0.4) is 0 Å². The summed E-state index contributed by atoms with van der Waals surface area (Å²) in [6, 6.07) is 5.81. The smallest absolute Gasteiger partial charge is 0.166 e. The lowest BCUT2D eigenvalue weighted by Crippen LogP contribution is -2.01. The normalized spacial score (nSPS) is 10.4. The van der Waals surface area contributed by atoms with E-state index in [-0.39, 0.29) is 0 Å². The summed E-state index contributed by atoms with van der Waals surface area (Å²) in [7, 11) is 0. The van der Waals surface area contributed by atoms with Crippen LogP contribution in [0.2, 0.25) is 0 Å². The SMILES string of the molecule is BrCc1cc(Br)c(OCc2ncccn2)c(Br)c1. The quantitative estimate of drug-likeness (QED) is 0.663. The minimum absolute atomic E-state index is 0.339. The number of hydrogen-bond donors (Lipinski definition) is 0. The second-order valence-electron chi connectivity index (χ2n) is 3.48. The molecule has 1 heterocycles. The van der Waals surface area contributed by atoms with Gasteiger partial charge in [-0.3, -0.25) is 0 Å². The molecular weight excluding hydrogens is 428 g/mol. The molecule has 1 aromatic heterocycles. The number of halogens is 3. The van der Waals surface area contributed by atoms with Gasteiger partial charge in [0.25, 0.3) is 0 Å². The standard InChI is InChI=1S/C12H9Br3N2O/c13-6-8-4-9(14)12(10(15)5-8)18-7-11-16-2-1-3-17-11/h1-5H,6-7H2. The molecule has 0 atom stereocenters. The molecule has 0 aliphatic rings. The number of hydrogen-bond acceptors (Lipinski definition) is 3. The summed E-state index contributed by atoms with van der Waals surface area (Å²) in [4.78, 5) is 8.23. The van der Waals surface area contributed by atoms with E-state index >= 15 is 0 Å². The van der Waals surface area contributed by atoms with Crippen molar-refractivity contribution in [2.75, 3.05) is 0 Å². The third-order valence-corrected chi connectivity index (χ3v) is 4.00. The van der Waals surface area contributed by atoms with Gasteiger partial charge in [0.15, 0.2) is 5.82 Å². The van der Waals surface area contributed by atoms with Crippen molar-refractivity contribution in [1.82, 2.24) is 9.97 Å². The minimum Gasteiger partial charge on any atom is -0.483 e. The molecule has 0 aliphatic carbocycles. The molecule has 0 spiro atoms. The first kappa shape index (κ1) is 14.0. The van der Waals surface area contributed by atoms with Gasteiger partial charge in [-0.1, -0.05) is 15.9 Å². The maximum absolute atomic E-state index is 5.72. The highest BCUT2D eigenvalue weighted by atomic mass is 79.9. The monoisotopic (exact) mass is 434 g/mol. The highest BCUT2D eigenvalue weighted by Crippen LogP contribution is 2.35. The maximum Gasteiger partial charge on any atom is 0.166 e. The van der Waals surface area contributed by atoms with E-state index in [1.807, 2.05) is 12.1 Å². The Kier molecular flexibility index (Phi) is 5.14. The van der Waals surface area contributed by atoms with Crippen LogP contribution in [0, 0.1) is 0 Å². The zero-order valence-corrected chi connectivity index (χ0v) is 14.0. The lowest BCUT2D eigenvalue weighted by molar-refractivity contribution is 0.292. The molecule has 2 aromatic rings. The number of benzene rings is 1. The molecule has 6 heteroatoms. The third-order valence-electron chi connectivity index (χ3n) is 2.18. The van der Waals surface area contributed by atoms with Crippen LogP contribution in [-0.4, -0.2) is 9.97 Å². The van der Waals surface area contributed by atoms with Crippen molar-refractivity contribution >= 4 is 47.8 Å². The lowest BCUT2D eigenvalue weighted by atomic mass is 10.2. The number of ether oxygens (including phenoxy) is 1. The van der Waals surface area contributed by atoms with E-state index in [1.165, 1.54) is 0 Å². The van der Waals surface area contributed by atoms with Crippen molar-refractivity contribution in [3.8, 4) is 5.75 Å². The second kappa shape index (κ2) is 6.63. The van der Waals surface area contributed by atoms with E-state index in [0.29, 0.717) is 12.4 Å². The molecular formula is C12H9Br3N2O. The topological polar surface area (TPSA) is 35.0 Å². The predicted molar refractivity (Wildman–Crippen MR) is 80.8 cm³/mol. The molecule has 0 bridgehead atoms. The van der Waals surface area contributed by atoms with Crippen molar-refractivity contribution < 1.29 is 4.74 Å². The van der Waals surface area contributed by atoms with Gasteiger partial charge < -0.3 is 4.74 Å². The van der Waals surface area contributed by atoms with E-state index in [2.05, 4.69) is 57.8 Å². The molecule has 18 heavy (non-hydrogen) atoms. The Morgan fingerprint density at radius 3 is 2.22 bits per heavy atom. The second-order valence-corrected chi connectivity index (χ2v) is 5.75. The highest BCUT2D eigenvalue weighted by molar-refractivity contribution is 9.11. The fourth-order valence-corrected chi connectivity index (χ4v) is 3.20. The van der Waals surface area contributed by atoms with Crippen LogP contribution in [-0.2, 0) is 11.9 Å². The predicted octanol–water partition coefficient (Wildman–Crippen LogP) is 4.48. The van der Waals surface area contributed by atoms with Crippen molar-refractivity contribution in [3.05, 3.63) is 50.9 Å². The molecule has 0 N–H and O–H groups in total. The molecule has 2 rings (SSSR count). The van der Waals surface area contributed by atoms with Gasteiger partial charge in [-0.05, 0) is 55.6 Å². The fourth-order valence-electron chi connectivity index (χ4n) is 1.37. The summed E-state index contributed by atoms with van der Waals surface area (Å²) in [5, 5.41) is 0.798. The Hall–Kier alpha value is -0.460. The number of alkyl halides is 1. The van der Waals surface area contributed by atoms with Gasteiger partial charge in [0, 0.05) is 17.7 Å². The van der Waals surface area contributed by atoms with Gasteiger partial charge in [0.05, 0.1) is 8.95 Å². The van der Waals surface area contributed by atoms with Crippen LogP contribution in [0.5, 0.6) is 5.75 Å². The molecule has 0 saturated carbocycles. The van der Waals surface area contributed by atoms with Gasteiger partial charge in [0.2, 0.25) is 0 Å². The van der Waals surface area contributed by atoms with E-state index in [1.54, 1.807) is 18.5 Å². The zero-order valence-electron chi connectivity index (χ0n) is 9.24. The van der Waals surface area contributed by atoms with E-state index in [9.17, 15) is 0 Å². The van der Waals surface area contributed by atoms with Gasteiger partial charge >= 0.3 is 0 Å². The Morgan fingerprint density at radius 2 is 1.67 bits per heavy atom. The Balaban J connectivity index is 2.15. The molecule has 0 radical (unpaired) electrons.